The number of rotatable bonds is 3. The third kappa shape index (κ3) is 3.08. The third-order valence-corrected chi connectivity index (χ3v) is 3.15. The second kappa shape index (κ2) is 5.91. The molecule has 20 heavy (non-hydrogen) atoms. The van der Waals surface area contributed by atoms with Crippen LogP contribution < -0.4 is 10.6 Å². The molecule has 0 radical (unpaired) electrons. The van der Waals surface area contributed by atoms with Gasteiger partial charge in [-0.2, -0.15) is 0 Å². The topological polar surface area (TPSA) is 84.3 Å². The molecule has 6 nitrogen and oxygen atoms in total. The minimum Gasteiger partial charge on any atom is -0.349 e. The van der Waals surface area contributed by atoms with Crippen LogP contribution in [0, 0.1) is 21.7 Å². The minimum absolute atomic E-state index is 0.128. The molecule has 0 aliphatic carbocycles. The highest BCUT2D eigenvalue weighted by molar-refractivity contribution is 5.98. The minimum atomic E-state index is -1.35. The van der Waals surface area contributed by atoms with Gasteiger partial charge in [0.05, 0.1) is 11.0 Å². The number of hydrogen-bond acceptors (Lipinski definition) is 4. The van der Waals surface area contributed by atoms with Gasteiger partial charge in [-0.05, 0) is 32.0 Å². The molecule has 1 amide bonds. The van der Waals surface area contributed by atoms with Crippen molar-refractivity contribution in [2.24, 2.45) is 0 Å². The van der Waals surface area contributed by atoms with Gasteiger partial charge in [-0.3, -0.25) is 14.9 Å². The normalized spacial score (nSPS) is 15.9. The summed E-state index contributed by atoms with van der Waals surface area (Å²) in [6, 6.07) is 0.854. The van der Waals surface area contributed by atoms with Crippen molar-refractivity contribution >= 4 is 11.6 Å². The van der Waals surface area contributed by atoms with Crippen molar-refractivity contribution in [3.05, 3.63) is 39.4 Å². The number of hydrogen-bond donors (Lipinski definition) is 2. The van der Waals surface area contributed by atoms with Crippen molar-refractivity contribution in [2.45, 2.75) is 18.9 Å². The smallest absolute Gasteiger partial charge is 0.285 e. The zero-order valence-corrected chi connectivity index (χ0v) is 10.5. The molecule has 108 valence electrons. The quantitative estimate of drug-likeness (QED) is 0.648. The lowest BCUT2D eigenvalue weighted by atomic mass is 10.1. The highest BCUT2D eigenvalue weighted by Crippen LogP contribution is 2.22. The maximum absolute atomic E-state index is 13.2. The molecule has 0 spiro atoms. The number of nitrogens with zero attached hydrogens (tertiary/aromatic N) is 1. The van der Waals surface area contributed by atoms with Crippen LogP contribution in [0.25, 0.3) is 0 Å². The fourth-order valence-electron chi connectivity index (χ4n) is 2.10. The van der Waals surface area contributed by atoms with Gasteiger partial charge in [-0.25, -0.2) is 8.78 Å². The number of nitro benzene ring substituents is 1. The van der Waals surface area contributed by atoms with Gasteiger partial charge in [0.15, 0.2) is 11.6 Å². The molecule has 1 aromatic carbocycles. The third-order valence-electron chi connectivity index (χ3n) is 3.15. The predicted molar refractivity (Wildman–Crippen MR) is 66.4 cm³/mol. The Labute approximate surface area is 113 Å². The first kappa shape index (κ1) is 14.3. The second-order valence-corrected chi connectivity index (χ2v) is 4.54. The molecule has 1 aromatic rings. The maximum Gasteiger partial charge on any atom is 0.285 e. The molecule has 2 N–H and O–H groups in total. The summed E-state index contributed by atoms with van der Waals surface area (Å²) in [6.07, 6.45) is 1.37. The van der Waals surface area contributed by atoms with Crippen LogP contribution >= 0.6 is 0 Å². The van der Waals surface area contributed by atoms with Gasteiger partial charge < -0.3 is 10.6 Å². The fourth-order valence-corrected chi connectivity index (χ4v) is 2.10. The molecular formula is C12H13F2N3O3. The summed E-state index contributed by atoms with van der Waals surface area (Å²) in [6.45, 7) is 1.45. The van der Waals surface area contributed by atoms with Crippen molar-refractivity contribution < 1.29 is 18.5 Å². The molecule has 1 aliphatic heterocycles. The van der Waals surface area contributed by atoms with Crippen LogP contribution in [0.1, 0.15) is 23.2 Å². The highest BCUT2D eigenvalue weighted by atomic mass is 19.2. The molecule has 1 fully saturated rings. The summed E-state index contributed by atoms with van der Waals surface area (Å²) < 4.78 is 26.2. The van der Waals surface area contributed by atoms with Crippen LogP contribution in [0.4, 0.5) is 14.5 Å². The molecule has 0 saturated carbocycles. The first-order chi connectivity index (χ1) is 9.49. The Morgan fingerprint density at radius 1 is 1.30 bits per heavy atom. The van der Waals surface area contributed by atoms with Gasteiger partial charge in [0, 0.05) is 6.04 Å². The van der Waals surface area contributed by atoms with E-state index < -0.39 is 33.7 Å². The lowest BCUT2D eigenvalue weighted by molar-refractivity contribution is -0.385. The van der Waals surface area contributed by atoms with E-state index in [1.807, 2.05) is 0 Å². The monoisotopic (exact) mass is 285 g/mol. The SMILES string of the molecule is O=C(NC1CCNCC1)c1cc(F)c(F)cc1[N+](=O)[O-]. The highest BCUT2D eigenvalue weighted by Gasteiger charge is 2.25. The van der Waals surface area contributed by atoms with E-state index in [1.54, 1.807) is 0 Å². The van der Waals surface area contributed by atoms with Gasteiger partial charge in [0.1, 0.15) is 5.56 Å². The van der Waals surface area contributed by atoms with E-state index in [4.69, 9.17) is 0 Å². The summed E-state index contributed by atoms with van der Waals surface area (Å²) in [5.74, 6) is -3.40. The summed E-state index contributed by atoms with van der Waals surface area (Å²) in [5, 5.41) is 16.5. The Morgan fingerprint density at radius 2 is 1.90 bits per heavy atom. The Bertz CT molecular complexity index is 545. The van der Waals surface area contributed by atoms with E-state index in [-0.39, 0.29) is 6.04 Å². The van der Waals surface area contributed by atoms with Gasteiger partial charge in [0.2, 0.25) is 0 Å². The lowest BCUT2D eigenvalue weighted by Gasteiger charge is -2.23. The second-order valence-electron chi connectivity index (χ2n) is 4.54. The van der Waals surface area contributed by atoms with Crippen molar-refractivity contribution in [1.82, 2.24) is 10.6 Å². The van der Waals surface area contributed by atoms with Crippen LogP contribution in [0.5, 0.6) is 0 Å². The van der Waals surface area contributed by atoms with E-state index in [2.05, 4.69) is 10.6 Å². The number of benzene rings is 1. The summed E-state index contributed by atoms with van der Waals surface area (Å²) >= 11 is 0. The largest absolute Gasteiger partial charge is 0.349 e. The Hall–Kier alpha value is -2.09. The average Bonchev–Trinajstić information content (AvgIpc) is 2.42. The van der Waals surface area contributed by atoms with Gasteiger partial charge in [-0.15, -0.1) is 0 Å². The van der Waals surface area contributed by atoms with E-state index in [0.29, 0.717) is 25.0 Å². The van der Waals surface area contributed by atoms with E-state index in [0.717, 1.165) is 13.1 Å². The van der Waals surface area contributed by atoms with Crippen LogP contribution in [-0.4, -0.2) is 30.0 Å². The Kier molecular flexibility index (Phi) is 4.23. The zero-order chi connectivity index (χ0) is 14.7. The summed E-state index contributed by atoms with van der Waals surface area (Å²) in [4.78, 5) is 21.9. The number of halogens is 2. The van der Waals surface area contributed by atoms with Gasteiger partial charge in [0.25, 0.3) is 11.6 Å². The van der Waals surface area contributed by atoms with Crippen molar-refractivity contribution in [3.8, 4) is 0 Å². The molecule has 1 saturated heterocycles. The number of nitrogens with one attached hydrogen (secondary N) is 2. The maximum atomic E-state index is 13.2. The number of amides is 1. The van der Waals surface area contributed by atoms with Crippen molar-refractivity contribution in [3.63, 3.8) is 0 Å². The Morgan fingerprint density at radius 3 is 2.50 bits per heavy atom. The average molecular weight is 285 g/mol. The number of carbonyl (C=O) groups is 1. The molecular weight excluding hydrogens is 272 g/mol. The standard InChI is InChI=1S/C12H13F2N3O3/c13-9-5-8(11(17(19)20)6-10(9)14)12(18)16-7-1-3-15-4-2-7/h5-7,15H,1-4H2,(H,16,18). The molecule has 0 unspecified atom stereocenters. The number of carbonyl (C=O) groups excluding carboxylic acids is 1. The number of nitro groups is 1. The fraction of sp³-hybridized carbons (Fsp3) is 0.417. The van der Waals surface area contributed by atoms with Gasteiger partial charge in [-0.1, -0.05) is 0 Å². The first-order valence-corrected chi connectivity index (χ1v) is 6.14. The van der Waals surface area contributed by atoms with E-state index >= 15 is 0 Å². The van der Waals surface area contributed by atoms with Crippen LogP contribution in [0.2, 0.25) is 0 Å². The van der Waals surface area contributed by atoms with Crippen LogP contribution in [0.3, 0.4) is 0 Å². The molecule has 1 heterocycles. The van der Waals surface area contributed by atoms with E-state index in [9.17, 15) is 23.7 Å². The van der Waals surface area contributed by atoms with E-state index in [1.165, 1.54) is 0 Å². The molecule has 8 heteroatoms. The van der Waals surface area contributed by atoms with Crippen LogP contribution in [-0.2, 0) is 0 Å². The van der Waals surface area contributed by atoms with Crippen molar-refractivity contribution in [1.29, 1.82) is 0 Å². The van der Waals surface area contributed by atoms with Crippen molar-refractivity contribution in [2.75, 3.05) is 13.1 Å². The lowest BCUT2D eigenvalue weighted by Crippen LogP contribution is -2.42. The summed E-state index contributed by atoms with van der Waals surface area (Å²) in [7, 11) is 0. The van der Waals surface area contributed by atoms with Gasteiger partial charge >= 0.3 is 0 Å². The molecule has 0 atom stereocenters. The Balaban J connectivity index is 2.23. The molecule has 2 rings (SSSR count). The molecule has 0 bridgehead atoms. The summed E-state index contributed by atoms with van der Waals surface area (Å²) in [5.41, 5.74) is -1.21. The molecule has 1 aliphatic rings. The molecule has 0 aromatic heterocycles. The van der Waals surface area contributed by atoms with Crippen LogP contribution in [0.15, 0.2) is 12.1 Å². The first-order valence-electron chi connectivity index (χ1n) is 6.14. The number of piperidine rings is 1. The zero-order valence-electron chi connectivity index (χ0n) is 10.5. The predicted octanol–water partition coefficient (Wildman–Crippen LogP) is 1.35.